The fourth-order valence-electron chi connectivity index (χ4n) is 4.19. The molecule has 1 N–H and O–H groups in total. The van der Waals surface area contributed by atoms with Gasteiger partial charge < -0.3 is 19.9 Å². The molecule has 1 fully saturated rings. The van der Waals surface area contributed by atoms with Crippen LogP contribution in [-0.2, 0) is 4.79 Å². The number of nitrogens with one attached hydrogen (secondary N) is 1. The number of carbonyl (C=O) groups excluding carboxylic acids is 1. The largest absolute Gasteiger partial charge is 0.491 e. The number of fused-ring (bicyclic) bond motifs is 1. The van der Waals surface area contributed by atoms with Gasteiger partial charge in [-0.05, 0) is 80.9 Å². The molecule has 3 aromatic rings. The van der Waals surface area contributed by atoms with Crippen LogP contribution in [0.25, 0.3) is 17.0 Å². The maximum absolute atomic E-state index is 12.5. The molecule has 0 aliphatic carbocycles. The number of carbonyl (C=O) groups is 1. The van der Waals surface area contributed by atoms with Crippen molar-refractivity contribution in [1.29, 1.82) is 0 Å². The molecule has 0 atom stereocenters. The van der Waals surface area contributed by atoms with E-state index < -0.39 is 0 Å². The van der Waals surface area contributed by atoms with Crippen LogP contribution in [0.1, 0.15) is 31.9 Å². The summed E-state index contributed by atoms with van der Waals surface area (Å²) in [6.07, 6.45) is 3.48. The van der Waals surface area contributed by atoms with Gasteiger partial charge in [0.1, 0.15) is 11.6 Å². The van der Waals surface area contributed by atoms with Gasteiger partial charge in [-0.2, -0.15) is 0 Å². The van der Waals surface area contributed by atoms with E-state index in [2.05, 4.69) is 35.0 Å². The molecule has 1 aliphatic heterocycles. The molecule has 6 heteroatoms. The van der Waals surface area contributed by atoms with E-state index in [0.717, 1.165) is 72.0 Å². The maximum Gasteiger partial charge on any atom is 0.248 e. The van der Waals surface area contributed by atoms with Gasteiger partial charge in [-0.15, -0.1) is 0 Å². The van der Waals surface area contributed by atoms with E-state index in [1.807, 2.05) is 56.3 Å². The first-order valence-electron chi connectivity index (χ1n) is 12.1. The zero-order chi connectivity index (χ0) is 24.1. The molecule has 0 spiro atoms. The van der Waals surface area contributed by atoms with Gasteiger partial charge in [0.05, 0.1) is 11.6 Å². The van der Waals surface area contributed by atoms with Gasteiger partial charge in [-0.1, -0.05) is 19.1 Å². The second-order valence-corrected chi connectivity index (χ2v) is 9.01. The summed E-state index contributed by atoms with van der Waals surface area (Å²) in [5.74, 6) is 1.69. The molecule has 34 heavy (non-hydrogen) atoms. The molecule has 178 valence electrons. The Labute approximate surface area is 202 Å². The highest BCUT2D eigenvalue weighted by atomic mass is 16.5. The van der Waals surface area contributed by atoms with Crippen molar-refractivity contribution in [2.75, 3.05) is 42.9 Å². The monoisotopic (exact) mass is 458 g/mol. The van der Waals surface area contributed by atoms with E-state index in [-0.39, 0.29) is 12.0 Å². The van der Waals surface area contributed by atoms with Crippen LogP contribution in [0, 0.1) is 6.92 Å². The third kappa shape index (κ3) is 5.94. The molecule has 0 bridgehead atoms. The lowest BCUT2D eigenvalue weighted by molar-refractivity contribution is -0.111. The van der Waals surface area contributed by atoms with Crippen molar-refractivity contribution in [3.63, 3.8) is 0 Å². The molecular formula is C28H34N4O2. The highest BCUT2D eigenvalue weighted by molar-refractivity contribution is 6.03. The Bertz CT molecular complexity index is 1160. The SMILES string of the molecule is CCN1CCN(c2cc(C)c3cc(NC(=O)/C=C\c4ccc(OC(C)C)cc4)ccc3n2)CC1. The molecule has 2 aromatic carbocycles. The van der Waals surface area contributed by atoms with Crippen molar-refractivity contribution in [1.82, 2.24) is 9.88 Å². The Morgan fingerprint density at radius 2 is 1.82 bits per heavy atom. The highest BCUT2D eigenvalue weighted by Crippen LogP contribution is 2.26. The molecule has 0 radical (unpaired) electrons. The number of benzene rings is 2. The van der Waals surface area contributed by atoms with Crippen LogP contribution in [0.2, 0.25) is 0 Å². The number of nitrogens with zero attached hydrogens (tertiary/aromatic N) is 3. The molecule has 1 aliphatic rings. The van der Waals surface area contributed by atoms with Gasteiger partial charge in [0.25, 0.3) is 0 Å². The second kappa shape index (κ2) is 10.7. The standard InChI is InChI=1S/C28H34N4O2/c1-5-31-14-16-32(17-15-31)27-18-21(4)25-19-23(9-12-26(25)30-27)29-28(33)13-8-22-6-10-24(11-7-22)34-20(2)3/h6-13,18-20H,5,14-17H2,1-4H3,(H,29,33)/b13-8-. The minimum absolute atomic E-state index is 0.135. The number of aromatic nitrogens is 1. The number of aryl methyl sites for hydroxylation is 1. The van der Waals surface area contributed by atoms with Crippen molar-refractivity contribution >= 4 is 34.4 Å². The normalized spacial score (nSPS) is 14.8. The lowest BCUT2D eigenvalue weighted by Gasteiger charge is -2.35. The fraction of sp³-hybridized carbons (Fsp3) is 0.357. The first kappa shape index (κ1) is 23.8. The number of likely N-dealkylation sites (N-methyl/N-ethyl adjacent to an activating group) is 1. The number of amides is 1. The lowest BCUT2D eigenvalue weighted by Crippen LogP contribution is -2.46. The summed E-state index contributed by atoms with van der Waals surface area (Å²) >= 11 is 0. The van der Waals surface area contributed by atoms with Gasteiger partial charge in [-0.3, -0.25) is 4.79 Å². The van der Waals surface area contributed by atoms with E-state index in [1.165, 1.54) is 0 Å². The van der Waals surface area contributed by atoms with Crippen molar-refractivity contribution in [2.24, 2.45) is 0 Å². The molecule has 1 saturated heterocycles. The summed E-state index contributed by atoms with van der Waals surface area (Å²) < 4.78 is 5.66. The Morgan fingerprint density at radius 3 is 2.50 bits per heavy atom. The van der Waals surface area contributed by atoms with Crippen molar-refractivity contribution in [3.8, 4) is 5.75 Å². The first-order chi connectivity index (χ1) is 16.4. The van der Waals surface area contributed by atoms with E-state index in [0.29, 0.717) is 0 Å². The molecule has 0 saturated carbocycles. The summed E-state index contributed by atoms with van der Waals surface area (Å²) in [5, 5.41) is 4.02. The molecule has 0 unspecified atom stereocenters. The van der Waals surface area contributed by atoms with E-state index in [1.54, 1.807) is 12.2 Å². The molecule has 4 rings (SSSR count). The smallest absolute Gasteiger partial charge is 0.248 e. The summed E-state index contributed by atoms with van der Waals surface area (Å²) in [4.78, 5) is 22.2. The number of piperazine rings is 1. The summed E-state index contributed by atoms with van der Waals surface area (Å²) in [6.45, 7) is 13.6. The number of pyridine rings is 1. The number of hydrogen-bond acceptors (Lipinski definition) is 5. The van der Waals surface area contributed by atoms with Crippen LogP contribution in [0.4, 0.5) is 11.5 Å². The number of anilines is 2. The summed E-state index contributed by atoms with van der Waals surface area (Å²) in [5.41, 5.74) is 3.81. The Balaban J connectivity index is 1.42. The average Bonchev–Trinajstić information content (AvgIpc) is 2.83. The molecule has 1 amide bonds. The lowest BCUT2D eigenvalue weighted by atomic mass is 10.1. The van der Waals surface area contributed by atoms with Crippen LogP contribution >= 0.6 is 0 Å². The molecular weight excluding hydrogens is 424 g/mol. The van der Waals surface area contributed by atoms with Gasteiger partial charge in [-0.25, -0.2) is 4.98 Å². The van der Waals surface area contributed by atoms with E-state index >= 15 is 0 Å². The van der Waals surface area contributed by atoms with Crippen molar-refractivity contribution in [3.05, 3.63) is 65.7 Å². The molecule has 1 aromatic heterocycles. The molecule has 2 heterocycles. The zero-order valence-corrected chi connectivity index (χ0v) is 20.5. The highest BCUT2D eigenvalue weighted by Gasteiger charge is 2.17. The van der Waals surface area contributed by atoms with E-state index in [9.17, 15) is 4.79 Å². The van der Waals surface area contributed by atoms with Gasteiger partial charge in [0.15, 0.2) is 0 Å². The van der Waals surface area contributed by atoms with Crippen LogP contribution in [0.5, 0.6) is 5.75 Å². The van der Waals surface area contributed by atoms with Gasteiger partial charge in [0.2, 0.25) is 5.91 Å². The quantitative estimate of drug-likeness (QED) is 0.498. The van der Waals surface area contributed by atoms with Crippen LogP contribution in [-0.4, -0.2) is 54.6 Å². The predicted molar refractivity (Wildman–Crippen MR) is 141 cm³/mol. The minimum Gasteiger partial charge on any atom is -0.491 e. The second-order valence-electron chi connectivity index (χ2n) is 9.01. The first-order valence-corrected chi connectivity index (χ1v) is 12.1. The number of rotatable bonds is 7. The van der Waals surface area contributed by atoms with Crippen LogP contribution < -0.4 is 15.0 Å². The van der Waals surface area contributed by atoms with Gasteiger partial charge >= 0.3 is 0 Å². The van der Waals surface area contributed by atoms with E-state index in [4.69, 9.17) is 9.72 Å². The third-order valence-electron chi connectivity index (χ3n) is 6.09. The summed E-state index contributed by atoms with van der Waals surface area (Å²) in [7, 11) is 0. The minimum atomic E-state index is -0.169. The number of ether oxygens (including phenoxy) is 1. The third-order valence-corrected chi connectivity index (χ3v) is 6.09. The van der Waals surface area contributed by atoms with Gasteiger partial charge in [0, 0.05) is 43.3 Å². The average molecular weight is 459 g/mol. The zero-order valence-electron chi connectivity index (χ0n) is 20.5. The van der Waals surface area contributed by atoms with Crippen LogP contribution in [0.3, 0.4) is 0 Å². The maximum atomic E-state index is 12.5. The Hall–Kier alpha value is -3.38. The predicted octanol–water partition coefficient (Wildman–Crippen LogP) is 5.12. The fourth-order valence-corrected chi connectivity index (χ4v) is 4.19. The van der Waals surface area contributed by atoms with Crippen LogP contribution in [0.15, 0.2) is 54.6 Å². The van der Waals surface area contributed by atoms with Crippen molar-refractivity contribution in [2.45, 2.75) is 33.8 Å². The summed E-state index contributed by atoms with van der Waals surface area (Å²) in [6, 6.07) is 15.8. The topological polar surface area (TPSA) is 57.7 Å². The Morgan fingerprint density at radius 1 is 1.09 bits per heavy atom. The Kier molecular flexibility index (Phi) is 7.48. The number of hydrogen-bond donors (Lipinski definition) is 1. The van der Waals surface area contributed by atoms with Crippen molar-refractivity contribution < 1.29 is 9.53 Å². The molecule has 6 nitrogen and oxygen atoms in total.